The molecule has 0 radical (unpaired) electrons. The monoisotopic (exact) mass is 222 g/mol. The van der Waals surface area contributed by atoms with Crippen LogP contribution in [0.15, 0.2) is 30.6 Å². The summed E-state index contributed by atoms with van der Waals surface area (Å²) in [6.07, 6.45) is 2.16. The number of hydrogen-bond donors (Lipinski definition) is 2. The molecule has 2 aromatic rings. The number of halogens is 1. The minimum absolute atomic E-state index is 0.149. The highest BCUT2D eigenvalue weighted by molar-refractivity contribution is 5.32. The van der Waals surface area contributed by atoms with Crippen LogP contribution in [-0.4, -0.2) is 22.2 Å². The highest BCUT2D eigenvalue weighted by Gasteiger charge is 2.14. The maximum atomic E-state index is 13.4. The van der Waals surface area contributed by atoms with Crippen molar-refractivity contribution in [3.8, 4) is 5.75 Å². The Morgan fingerprint density at radius 1 is 1.50 bits per heavy atom. The lowest BCUT2D eigenvalue weighted by molar-refractivity contribution is 0.210. The highest BCUT2D eigenvalue weighted by atomic mass is 19.1. The second-order valence-electron chi connectivity index (χ2n) is 3.27. The number of aliphatic hydroxyl groups is 1. The van der Waals surface area contributed by atoms with Crippen LogP contribution < -0.4 is 4.74 Å². The maximum Gasteiger partial charge on any atom is 0.165 e. The molecule has 0 spiro atoms. The number of rotatable bonds is 3. The van der Waals surface area contributed by atoms with Crippen LogP contribution in [0.3, 0.4) is 0 Å². The Hall–Kier alpha value is -1.88. The molecule has 1 aromatic heterocycles. The van der Waals surface area contributed by atoms with Crippen molar-refractivity contribution in [1.29, 1.82) is 0 Å². The molecule has 84 valence electrons. The van der Waals surface area contributed by atoms with Gasteiger partial charge in [0.15, 0.2) is 11.6 Å². The van der Waals surface area contributed by atoms with Crippen molar-refractivity contribution in [2.75, 3.05) is 7.11 Å². The molecule has 0 saturated carbocycles. The number of benzene rings is 1. The second-order valence-corrected chi connectivity index (χ2v) is 3.27. The van der Waals surface area contributed by atoms with Gasteiger partial charge in [0.25, 0.3) is 0 Å². The first-order chi connectivity index (χ1) is 7.72. The van der Waals surface area contributed by atoms with Gasteiger partial charge in [-0.05, 0) is 17.7 Å². The molecular formula is C11H11FN2O2. The topological polar surface area (TPSA) is 58.1 Å². The largest absolute Gasteiger partial charge is 0.494 e. The number of methoxy groups -OCH3 is 1. The summed E-state index contributed by atoms with van der Waals surface area (Å²) in [7, 11) is 1.39. The van der Waals surface area contributed by atoms with E-state index in [9.17, 15) is 9.50 Å². The van der Waals surface area contributed by atoms with Crippen LogP contribution in [-0.2, 0) is 0 Å². The minimum Gasteiger partial charge on any atom is -0.494 e. The lowest BCUT2D eigenvalue weighted by atomic mass is 10.1. The first-order valence-electron chi connectivity index (χ1n) is 4.73. The summed E-state index contributed by atoms with van der Waals surface area (Å²) in [5.41, 5.74) is 0.424. The lowest BCUT2D eigenvalue weighted by Crippen LogP contribution is -2.02. The van der Waals surface area contributed by atoms with E-state index in [4.69, 9.17) is 4.74 Å². The summed E-state index contributed by atoms with van der Waals surface area (Å²) >= 11 is 0. The van der Waals surface area contributed by atoms with Crippen LogP contribution in [0.5, 0.6) is 5.75 Å². The van der Waals surface area contributed by atoms with Crippen LogP contribution in [0.25, 0.3) is 0 Å². The zero-order valence-electron chi connectivity index (χ0n) is 8.64. The third-order valence-electron chi connectivity index (χ3n) is 2.27. The Morgan fingerprint density at radius 2 is 2.31 bits per heavy atom. The molecule has 16 heavy (non-hydrogen) atoms. The first kappa shape index (κ1) is 10.6. The summed E-state index contributed by atoms with van der Waals surface area (Å²) < 4.78 is 18.2. The molecule has 1 aromatic carbocycles. The molecule has 4 nitrogen and oxygen atoms in total. The van der Waals surface area contributed by atoms with Crippen LogP contribution in [0.2, 0.25) is 0 Å². The van der Waals surface area contributed by atoms with Gasteiger partial charge in [0.05, 0.1) is 7.11 Å². The van der Waals surface area contributed by atoms with Crippen LogP contribution in [0, 0.1) is 5.82 Å². The Labute approximate surface area is 91.7 Å². The van der Waals surface area contributed by atoms with Crippen molar-refractivity contribution in [1.82, 2.24) is 9.97 Å². The minimum atomic E-state index is -0.963. The zero-order valence-corrected chi connectivity index (χ0v) is 8.64. The van der Waals surface area contributed by atoms with Gasteiger partial charge in [0.1, 0.15) is 11.9 Å². The highest BCUT2D eigenvalue weighted by Crippen LogP contribution is 2.24. The molecule has 0 aliphatic carbocycles. The molecular weight excluding hydrogens is 211 g/mol. The molecule has 0 bridgehead atoms. The number of H-pyrrole nitrogens is 1. The van der Waals surface area contributed by atoms with Crippen molar-refractivity contribution < 1.29 is 14.2 Å². The van der Waals surface area contributed by atoms with Gasteiger partial charge >= 0.3 is 0 Å². The molecule has 0 saturated heterocycles. The molecule has 2 rings (SSSR count). The summed E-state index contributed by atoms with van der Waals surface area (Å²) in [5.74, 6) is 0.0190. The average molecular weight is 222 g/mol. The molecule has 5 heteroatoms. The van der Waals surface area contributed by atoms with Crippen LogP contribution in [0.4, 0.5) is 4.39 Å². The number of hydrogen-bond acceptors (Lipinski definition) is 3. The van der Waals surface area contributed by atoms with Crippen molar-refractivity contribution in [2.24, 2.45) is 0 Å². The number of aromatic amines is 1. The van der Waals surface area contributed by atoms with E-state index in [-0.39, 0.29) is 5.75 Å². The third kappa shape index (κ3) is 1.90. The smallest absolute Gasteiger partial charge is 0.165 e. The standard InChI is InChI=1S/C11H11FN2O2/c1-16-9-3-2-7(6-8(9)12)10(15)11-13-4-5-14-11/h2-6,10,15H,1H3,(H,13,14). The maximum absolute atomic E-state index is 13.4. The summed E-state index contributed by atoms with van der Waals surface area (Å²) in [5, 5.41) is 9.87. The van der Waals surface area contributed by atoms with E-state index in [1.54, 1.807) is 12.3 Å². The van der Waals surface area contributed by atoms with Gasteiger partial charge < -0.3 is 14.8 Å². The zero-order chi connectivity index (χ0) is 11.5. The summed E-state index contributed by atoms with van der Waals surface area (Å²) in [6, 6.07) is 4.29. The van der Waals surface area contributed by atoms with E-state index in [1.165, 1.54) is 25.4 Å². The molecule has 1 heterocycles. The van der Waals surface area contributed by atoms with Gasteiger partial charge in [0, 0.05) is 12.4 Å². The Morgan fingerprint density at radius 3 is 2.88 bits per heavy atom. The van der Waals surface area contributed by atoms with Crippen LogP contribution in [0.1, 0.15) is 17.5 Å². The average Bonchev–Trinajstić information content (AvgIpc) is 2.81. The van der Waals surface area contributed by atoms with Gasteiger partial charge in [-0.15, -0.1) is 0 Å². The van der Waals surface area contributed by atoms with Gasteiger partial charge in [0.2, 0.25) is 0 Å². The van der Waals surface area contributed by atoms with Crippen molar-refractivity contribution >= 4 is 0 Å². The first-order valence-corrected chi connectivity index (χ1v) is 4.73. The number of nitrogens with one attached hydrogen (secondary N) is 1. The van der Waals surface area contributed by atoms with Crippen molar-refractivity contribution in [2.45, 2.75) is 6.10 Å². The van der Waals surface area contributed by atoms with E-state index in [1.807, 2.05) is 0 Å². The number of imidazole rings is 1. The van der Waals surface area contributed by atoms with Crippen molar-refractivity contribution in [3.63, 3.8) is 0 Å². The Bertz CT molecular complexity index is 471. The fourth-order valence-electron chi connectivity index (χ4n) is 1.44. The van der Waals surface area contributed by atoms with Crippen LogP contribution >= 0.6 is 0 Å². The van der Waals surface area contributed by atoms with E-state index in [0.29, 0.717) is 11.4 Å². The van der Waals surface area contributed by atoms with E-state index >= 15 is 0 Å². The molecule has 2 N–H and O–H groups in total. The lowest BCUT2D eigenvalue weighted by Gasteiger charge is -2.09. The number of nitrogens with zero attached hydrogens (tertiary/aromatic N) is 1. The summed E-state index contributed by atoms with van der Waals surface area (Å²) in [6.45, 7) is 0. The van der Waals surface area contributed by atoms with Crippen molar-refractivity contribution in [3.05, 3.63) is 47.8 Å². The molecule has 0 amide bonds. The molecule has 0 fully saturated rings. The van der Waals surface area contributed by atoms with Gasteiger partial charge in [-0.2, -0.15) is 0 Å². The fraction of sp³-hybridized carbons (Fsp3) is 0.182. The molecule has 0 aliphatic rings. The Kier molecular flexibility index (Phi) is 2.87. The Balaban J connectivity index is 2.31. The predicted molar refractivity (Wildman–Crippen MR) is 55.6 cm³/mol. The number of ether oxygens (including phenoxy) is 1. The van der Waals surface area contributed by atoms with Gasteiger partial charge in [-0.1, -0.05) is 6.07 Å². The second kappa shape index (κ2) is 4.32. The molecule has 1 atom stereocenters. The number of aliphatic hydroxyl groups excluding tert-OH is 1. The third-order valence-corrected chi connectivity index (χ3v) is 2.27. The van der Waals surface area contributed by atoms with E-state index in [0.717, 1.165) is 0 Å². The van der Waals surface area contributed by atoms with E-state index < -0.39 is 11.9 Å². The van der Waals surface area contributed by atoms with E-state index in [2.05, 4.69) is 9.97 Å². The summed E-state index contributed by atoms with van der Waals surface area (Å²) in [4.78, 5) is 6.67. The van der Waals surface area contributed by atoms with Gasteiger partial charge in [-0.25, -0.2) is 9.37 Å². The SMILES string of the molecule is COc1ccc(C(O)c2ncc[nH]2)cc1F. The normalized spacial score (nSPS) is 12.4. The van der Waals surface area contributed by atoms with Gasteiger partial charge in [-0.3, -0.25) is 0 Å². The number of aromatic nitrogens is 2. The molecule has 1 unspecified atom stereocenters. The fourth-order valence-corrected chi connectivity index (χ4v) is 1.44. The quantitative estimate of drug-likeness (QED) is 0.830. The molecule has 0 aliphatic heterocycles. The predicted octanol–water partition coefficient (Wildman–Crippen LogP) is 1.64.